The van der Waals surface area contributed by atoms with Crippen LogP contribution >= 0.6 is 0 Å². The van der Waals surface area contributed by atoms with Crippen LogP contribution in [0.1, 0.15) is 6.92 Å². The van der Waals surface area contributed by atoms with Crippen molar-refractivity contribution < 1.29 is 9.53 Å². The van der Waals surface area contributed by atoms with E-state index in [-0.39, 0.29) is 6.03 Å². The van der Waals surface area contributed by atoms with Crippen molar-refractivity contribution >= 4 is 6.03 Å². The molecule has 0 unspecified atom stereocenters. The Hall–Kier alpha value is -0.810. The molecule has 0 saturated heterocycles. The van der Waals surface area contributed by atoms with Crippen LogP contribution in [0, 0.1) is 0 Å². The number of ether oxygens (including phenoxy) is 1. The van der Waals surface area contributed by atoms with Gasteiger partial charge in [-0.2, -0.15) is 0 Å². The minimum Gasteiger partial charge on any atom is -0.383 e. The maximum Gasteiger partial charge on any atom is 0.331 e. The fourth-order valence-electron chi connectivity index (χ4n) is 0.696. The van der Waals surface area contributed by atoms with Crippen molar-refractivity contribution in [2.75, 3.05) is 26.8 Å². The van der Waals surface area contributed by atoms with Gasteiger partial charge in [-0.05, 0) is 6.92 Å². The standard InChI is InChI=1S/C6H15N3O2/c1-3-9(4-5-11-2)6(10)8-7/h3-5,7H2,1-2H3,(H,8,10). The molecule has 0 aliphatic heterocycles. The van der Waals surface area contributed by atoms with Gasteiger partial charge in [0, 0.05) is 20.2 Å². The summed E-state index contributed by atoms with van der Waals surface area (Å²) in [6, 6.07) is -0.274. The molecule has 0 saturated carbocycles. The van der Waals surface area contributed by atoms with Crippen molar-refractivity contribution in [1.82, 2.24) is 10.3 Å². The van der Waals surface area contributed by atoms with Crippen LogP contribution in [0.2, 0.25) is 0 Å². The third-order valence-corrected chi connectivity index (χ3v) is 1.36. The summed E-state index contributed by atoms with van der Waals surface area (Å²) in [6.07, 6.45) is 0. The Morgan fingerprint density at radius 3 is 2.73 bits per heavy atom. The third kappa shape index (κ3) is 3.79. The lowest BCUT2D eigenvalue weighted by Gasteiger charge is -2.18. The number of urea groups is 1. The first-order chi connectivity index (χ1) is 5.26. The number of hydrogen-bond acceptors (Lipinski definition) is 3. The van der Waals surface area contributed by atoms with Crippen molar-refractivity contribution in [3.63, 3.8) is 0 Å². The summed E-state index contributed by atoms with van der Waals surface area (Å²) in [5.41, 5.74) is 2.06. The first-order valence-corrected chi connectivity index (χ1v) is 3.50. The first-order valence-electron chi connectivity index (χ1n) is 3.50. The van der Waals surface area contributed by atoms with E-state index in [2.05, 4.69) is 5.43 Å². The van der Waals surface area contributed by atoms with Gasteiger partial charge in [0.2, 0.25) is 0 Å². The Morgan fingerprint density at radius 1 is 1.73 bits per heavy atom. The lowest BCUT2D eigenvalue weighted by Crippen LogP contribution is -2.44. The molecule has 0 aliphatic carbocycles. The second-order valence-electron chi connectivity index (χ2n) is 2.02. The maximum atomic E-state index is 10.9. The van der Waals surface area contributed by atoms with E-state index in [1.807, 2.05) is 6.92 Å². The number of rotatable bonds is 4. The zero-order valence-electron chi connectivity index (χ0n) is 6.96. The summed E-state index contributed by atoms with van der Waals surface area (Å²) in [5.74, 6) is 4.94. The van der Waals surface area contributed by atoms with Crippen molar-refractivity contribution in [2.45, 2.75) is 6.92 Å². The van der Waals surface area contributed by atoms with E-state index in [0.717, 1.165) is 0 Å². The molecule has 5 nitrogen and oxygen atoms in total. The second kappa shape index (κ2) is 5.94. The second-order valence-corrected chi connectivity index (χ2v) is 2.02. The molecule has 11 heavy (non-hydrogen) atoms. The van der Waals surface area contributed by atoms with E-state index < -0.39 is 0 Å². The minimum absolute atomic E-state index is 0.274. The molecule has 0 fully saturated rings. The lowest BCUT2D eigenvalue weighted by molar-refractivity contribution is 0.151. The van der Waals surface area contributed by atoms with Gasteiger partial charge in [-0.3, -0.25) is 5.43 Å². The highest BCUT2D eigenvalue weighted by atomic mass is 16.5. The lowest BCUT2D eigenvalue weighted by atomic mass is 10.5. The van der Waals surface area contributed by atoms with Gasteiger partial charge in [-0.15, -0.1) is 0 Å². The molecule has 3 N–H and O–H groups in total. The van der Waals surface area contributed by atoms with Crippen LogP contribution in [0.5, 0.6) is 0 Å². The maximum absolute atomic E-state index is 10.9. The Balaban J connectivity index is 3.65. The summed E-state index contributed by atoms with van der Waals surface area (Å²) in [7, 11) is 1.59. The highest BCUT2D eigenvalue weighted by Crippen LogP contribution is 1.87. The summed E-state index contributed by atoms with van der Waals surface area (Å²) in [6.45, 7) is 3.61. The average molecular weight is 161 g/mol. The smallest absolute Gasteiger partial charge is 0.331 e. The molecule has 0 aromatic heterocycles. The molecule has 0 radical (unpaired) electrons. The Kier molecular flexibility index (Phi) is 5.50. The highest BCUT2D eigenvalue weighted by molar-refractivity contribution is 5.73. The molecule has 0 aromatic carbocycles. The van der Waals surface area contributed by atoms with Gasteiger partial charge in [0.05, 0.1) is 6.61 Å². The molecule has 66 valence electrons. The number of likely N-dealkylation sites (N-methyl/N-ethyl adjacent to an activating group) is 1. The molecule has 0 bridgehead atoms. The van der Waals surface area contributed by atoms with Crippen molar-refractivity contribution in [2.24, 2.45) is 5.84 Å². The van der Waals surface area contributed by atoms with E-state index in [4.69, 9.17) is 10.6 Å². The molecular formula is C6H15N3O2. The number of nitrogens with one attached hydrogen (secondary N) is 1. The fourth-order valence-corrected chi connectivity index (χ4v) is 0.696. The number of carbonyl (C=O) groups excluding carboxylic acids is 1. The van der Waals surface area contributed by atoms with Gasteiger partial charge >= 0.3 is 6.03 Å². The molecular weight excluding hydrogens is 146 g/mol. The van der Waals surface area contributed by atoms with Crippen LogP contribution in [0.4, 0.5) is 4.79 Å². The Labute approximate surface area is 66.5 Å². The van der Waals surface area contributed by atoms with E-state index >= 15 is 0 Å². The molecule has 0 heterocycles. The van der Waals surface area contributed by atoms with Crippen LogP contribution in [-0.2, 0) is 4.74 Å². The van der Waals surface area contributed by atoms with E-state index in [9.17, 15) is 4.79 Å². The van der Waals surface area contributed by atoms with Gasteiger partial charge < -0.3 is 9.64 Å². The van der Waals surface area contributed by atoms with Crippen molar-refractivity contribution in [1.29, 1.82) is 0 Å². The van der Waals surface area contributed by atoms with Crippen LogP contribution in [0.15, 0.2) is 0 Å². The molecule has 0 aromatic rings. The predicted octanol–water partition coefficient (Wildman–Crippen LogP) is -0.462. The zero-order valence-corrected chi connectivity index (χ0v) is 6.96. The van der Waals surface area contributed by atoms with Crippen LogP contribution in [0.3, 0.4) is 0 Å². The van der Waals surface area contributed by atoms with Gasteiger partial charge in [0.15, 0.2) is 0 Å². The van der Waals surface area contributed by atoms with Crippen LogP contribution in [-0.4, -0.2) is 37.7 Å². The number of amides is 2. The molecule has 0 atom stereocenters. The SMILES string of the molecule is CCN(CCOC)C(=O)NN. The van der Waals surface area contributed by atoms with Crippen LogP contribution in [0.25, 0.3) is 0 Å². The number of nitrogens with zero attached hydrogens (tertiary/aromatic N) is 1. The van der Waals surface area contributed by atoms with Gasteiger partial charge in [-0.25, -0.2) is 10.6 Å². The van der Waals surface area contributed by atoms with Gasteiger partial charge in [0.1, 0.15) is 0 Å². The van der Waals surface area contributed by atoms with Gasteiger partial charge in [-0.1, -0.05) is 0 Å². The third-order valence-electron chi connectivity index (χ3n) is 1.36. The molecule has 5 heteroatoms. The number of hydrogen-bond donors (Lipinski definition) is 2. The average Bonchev–Trinajstić information content (AvgIpc) is 2.05. The summed E-state index contributed by atoms with van der Waals surface area (Å²) >= 11 is 0. The van der Waals surface area contributed by atoms with Gasteiger partial charge in [0.25, 0.3) is 0 Å². The summed E-state index contributed by atoms with van der Waals surface area (Å²) in [5, 5.41) is 0. The monoisotopic (exact) mass is 161 g/mol. The molecule has 2 amide bonds. The van der Waals surface area contributed by atoms with E-state index in [1.165, 1.54) is 0 Å². The molecule has 0 aliphatic rings. The Morgan fingerprint density at radius 2 is 2.36 bits per heavy atom. The number of methoxy groups -OCH3 is 1. The highest BCUT2D eigenvalue weighted by Gasteiger charge is 2.07. The largest absolute Gasteiger partial charge is 0.383 e. The number of carbonyl (C=O) groups is 1. The fraction of sp³-hybridized carbons (Fsp3) is 0.833. The first kappa shape index (κ1) is 10.2. The minimum atomic E-state index is -0.274. The molecule has 0 spiro atoms. The molecule has 0 rings (SSSR count). The summed E-state index contributed by atoms with van der Waals surface area (Å²) < 4.78 is 4.81. The van der Waals surface area contributed by atoms with Crippen molar-refractivity contribution in [3.05, 3.63) is 0 Å². The van der Waals surface area contributed by atoms with E-state index in [0.29, 0.717) is 19.7 Å². The number of nitrogens with two attached hydrogens (primary N) is 1. The quantitative estimate of drug-likeness (QED) is 0.333. The normalized spacial score (nSPS) is 9.36. The van der Waals surface area contributed by atoms with Crippen LogP contribution < -0.4 is 11.3 Å². The Bertz CT molecular complexity index is 118. The predicted molar refractivity (Wildman–Crippen MR) is 41.8 cm³/mol. The van der Waals surface area contributed by atoms with E-state index in [1.54, 1.807) is 12.0 Å². The number of hydrazine groups is 1. The topological polar surface area (TPSA) is 67.6 Å². The zero-order chi connectivity index (χ0) is 8.69. The summed E-state index contributed by atoms with van der Waals surface area (Å²) in [4.78, 5) is 12.4. The van der Waals surface area contributed by atoms with Crippen molar-refractivity contribution in [3.8, 4) is 0 Å².